The normalized spacial score (nSPS) is 38.3. The third kappa shape index (κ3) is 3.35. The zero-order chi connectivity index (χ0) is 12.1. The van der Waals surface area contributed by atoms with Crippen LogP contribution in [0.1, 0.15) is 57.8 Å². The van der Waals surface area contributed by atoms with Crippen LogP contribution in [-0.2, 0) is 0 Å². The Morgan fingerprint density at radius 2 is 1.47 bits per heavy atom. The minimum absolute atomic E-state index is 0.364. The zero-order valence-electron chi connectivity index (χ0n) is 10.9. The molecule has 2 fully saturated rings. The van der Waals surface area contributed by atoms with E-state index >= 15 is 0 Å². The molecule has 0 amide bonds. The molecular weight excluding hydrogens is 206 g/mol. The molecule has 0 bridgehead atoms. The second-order valence-corrected chi connectivity index (χ2v) is 6.05. The molecular formula is C16H25N. The van der Waals surface area contributed by atoms with Crippen molar-refractivity contribution in [3.05, 3.63) is 12.7 Å². The maximum Gasteiger partial charge on any atom is 0.0655 e. The first kappa shape index (κ1) is 12.7. The lowest BCUT2D eigenvalue weighted by atomic mass is 9.69. The van der Waals surface area contributed by atoms with Gasteiger partial charge in [-0.15, -0.1) is 6.58 Å². The highest BCUT2D eigenvalue weighted by Crippen LogP contribution is 2.41. The van der Waals surface area contributed by atoms with Crippen LogP contribution in [0.15, 0.2) is 12.7 Å². The Hall–Kier alpha value is -0.770. The molecule has 0 saturated heterocycles. The van der Waals surface area contributed by atoms with Crippen LogP contribution >= 0.6 is 0 Å². The van der Waals surface area contributed by atoms with Crippen LogP contribution < -0.4 is 0 Å². The van der Waals surface area contributed by atoms with Crippen LogP contribution in [-0.4, -0.2) is 0 Å². The Labute approximate surface area is 106 Å². The highest BCUT2D eigenvalue weighted by atomic mass is 14.4. The van der Waals surface area contributed by atoms with Crippen molar-refractivity contribution in [1.82, 2.24) is 0 Å². The van der Waals surface area contributed by atoms with Gasteiger partial charge in [-0.25, -0.2) is 0 Å². The largest absolute Gasteiger partial charge is 0.198 e. The van der Waals surface area contributed by atoms with Gasteiger partial charge in [-0.2, -0.15) is 5.26 Å². The summed E-state index contributed by atoms with van der Waals surface area (Å²) in [7, 11) is 0. The van der Waals surface area contributed by atoms with Crippen LogP contribution in [0.4, 0.5) is 0 Å². The third-order valence-corrected chi connectivity index (χ3v) is 5.01. The number of rotatable bonds is 3. The van der Waals surface area contributed by atoms with E-state index in [1.807, 2.05) is 0 Å². The topological polar surface area (TPSA) is 23.8 Å². The van der Waals surface area contributed by atoms with Crippen molar-refractivity contribution < 1.29 is 0 Å². The predicted molar refractivity (Wildman–Crippen MR) is 71.3 cm³/mol. The van der Waals surface area contributed by atoms with Crippen LogP contribution in [0.5, 0.6) is 0 Å². The Balaban J connectivity index is 1.74. The van der Waals surface area contributed by atoms with E-state index in [9.17, 15) is 0 Å². The number of hydrogen-bond donors (Lipinski definition) is 0. The van der Waals surface area contributed by atoms with Crippen LogP contribution in [0.3, 0.4) is 0 Å². The van der Waals surface area contributed by atoms with E-state index in [-0.39, 0.29) is 0 Å². The molecule has 17 heavy (non-hydrogen) atoms. The fourth-order valence-corrected chi connectivity index (χ4v) is 3.85. The predicted octanol–water partition coefficient (Wildman–Crippen LogP) is 4.70. The monoisotopic (exact) mass is 231 g/mol. The van der Waals surface area contributed by atoms with Crippen LogP contribution in [0.25, 0.3) is 0 Å². The Kier molecular flexibility index (Phi) is 4.66. The van der Waals surface area contributed by atoms with E-state index < -0.39 is 0 Å². The molecule has 0 unspecified atom stereocenters. The number of nitrogens with zero attached hydrogens (tertiary/aromatic N) is 1. The zero-order valence-corrected chi connectivity index (χ0v) is 10.9. The summed E-state index contributed by atoms with van der Waals surface area (Å²) in [5, 5.41) is 8.92. The van der Waals surface area contributed by atoms with Gasteiger partial charge >= 0.3 is 0 Å². The first-order chi connectivity index (χ1) is 8.33. The fourth-order valence-electron chi connectivity index (χ4n) is 3.85. The molecule has 0 aromatic rings. The van der Waals surface area contributed by atoms with Gasteiger partial charge in [-0.3, -0.25) is 0 Å². The molecule has 0 aromatic heterocycles. The Morgan fingerprint density at radius 3 is 1.94 bits per heavy atom. The number of nitriles is 1. The summed E-state index contributed by atoms with van der Waals surface area (Å²) in [4.78, 5) is 0. The molecule has 0 N–H and O–H groups in total. The van der Waals surface area contributed by atoms with Gasteiger partial charge in [-0.1, -0.05) is 6.08 Å². The van der Waals surface area contributed by atoms with Crippen molar-refractivity contribution in [2.75, 3.05) is 0 Å². The standard InChI is InChI=1S/C16H25N/c1-2-3-13-4-8-15(9-5-13)16-10-6-14(12-17)7-11-16/h2,13-16H,1,3-11H2/t13-,14?,15-,16?. The average Bonchev–Trinajstić information content (AvgIpc) is 2.40. The molecule has 94 valence electrons. The van der Waals surface area contributed by atoms with Crippen LogP contribution in [0.2, 0.25) is 0 Å². The lowest BCUT2D eigenvalue weighted by Crippen LogP contribution is -2.25. The van der Waals surface area contributed by atoms with Gasteiger partial charge in [0.15, 0.2) is 0 Å². The molecule has 0 aromatic carbocycles. The summed E-state index contributed by atoms with van der Waals surface area (Å²) >= 11 is 0. The summed E-state index contributed by atoms with van der Waals surface area (Å²) in [6, 6.07) is 2.44. The first-order valence-electron chi connectivity index (χ1n) is 7.34. The second-order valence-electron chi connectivity index (χ2n) is 6.05. The van der Waals surface area contributed by atoms with Gasteiger partial charge in [0, 0.05) is 5.92 Å². The molecule has 0 radical (unpaired) electrons. The smallest absolute Gasteiger partial charge is 0.0655 e. The summed E-state index contributed by atoms with van der Waals surface area (Å²) < 4.78 is 0. The van der Waals surface area contributed by atoms with Crippen LogP contribution in [0, 0.1) is 35.0 Å². The van der Waals surface area contributed by atoms with Gasteiger partial charge in [-0.05, 0) is 75.5 Å². The lowest BCUT2D eigenvalue weighted by Gasteiger charge is -2.36. The number of allylic oxidation sites excluding steroid dienone is 1. The molecule has 0 spiro atoms. The molecule has 1 heteroatoms. The van der Waals surface area contributed by atoms with E-state index in [1.165, 1.54) is 44.9 Å². The molecule has 1 nitrogen and oxygen atoms in total. The first-order valence-corrected chi connectivity index (χ1v) is 7.34. The van der Waals surface area contributed by atoms with Gasteiger partial charge < -0.3 is 0 Å². The van der Waals surface area contributed by atoms with E-state index in [4.69, 9.17) is 5.26 Å². The van der Waals surface area contributed by atoms with Crippen molar-refractivity contribution in [1.29, 1.82) is 5.26 Å². The lowest BCUT2D eigenvalue weighted by molar-refractivity contribution is 0.157. The quantitative estimate of drug-likeness (QED) is 0.646. The minimum Gasteiger partial charge on any atom is -0.198 e. The third-order valence-electron chi connectivity index (χ3n) is 5.01. The van der Waals surface area contributed by atoms with Crippen molar-refractivity contribution >= 4 is 0 Å². The summed E-state index contributed by atoms with van der Waals surface area (Å²) in [5.41, 5.74) is 0. The molecule has 0 aliphatic heterocycles. The second kappa shape index (κ2) is 6.24. The fraction of sp³-hybridized carbons (Fsp3) is 0.812. The van der Waals surface area contributed by atoms with Crippen molar-refractivity contribution in [3.8, 4) is 6.07 Å². The Morgan fingerprint density at radius 1 is 0.941 bits per heavy atom. The molecule has 2 saturated carbocycles. The van der Waals surface area contributed by atoms with Gasteiger partial charge in [0.05, 0.1) is 6.07 Å². The van der Waals surface area contributed by atoms with Gasteiger partial charge in [0.25, 0.3) is 0 Å². The van der Waals surface area contributed by atoms with E-state index in [0.717, 1.165) is 30.6 Å². The summed E-state index contributed by atoms with van der Waals surface area (Å²) in [6.45, 7) is 3.85. The maximum atomic E-state index is 8.92. The Bertz CT molecular complexity index is 272. The molecule has 0 heterocycles. The highest BCUT2D eigenvalue weighted by Gasteiger charge is 2.30. The molecule has 2 rings (SSSR count). The average molecular weight is 231 g/mol. The van der Waals surface area contributed by atoms with Gasteiger partial charge in [0.1, 0.15) is 0 Å². The maximum absolute atomic E-state index is 8.92. The SMILES string of the molecule is C=CC[C@H]1CC[C@H](C2CCC(C#N)CC2)CC1. The number of hydrogen-bond acceptors (Lipinski definition) is 1. The minimum atomic E-state index is 0.364. The van der Waals surface area contributed by atoms with Crippen molar-refractivity contribution in [2.45, 2.75) is 57.8 Å². The van der Waals surface area contributed by atoms with E-state index in [1.54, 1.807) is 0 Å². The van der Waals surface area contributed by atoms with E-state index in [2.05, 4.69) is 18.7 Å². The van der Waals surface area contributed by atoms with Gasteiger partial charge in [0.2, 0.25) is 0 Å². The van der Waals surface area contributed by atoms with Crippen molar-refractivity contribution in [2.24, 2.45) is 23.7 Å². The van der Waals surface area contributed by atoms with E-state index in [0.29, 0.717) is 5.92 Å². The molecule has 0 atom stereocenters. The molecule has 2 aliphatic rings. The van der Waals surface area contributed by atoms with Crippen molar-refractivity contribution in [3.63, 3.8) is 0 Å². The summed E-state index contributed by atoms with van der Waals surface area (Å²) in [5.74, 6) is 3.18. The summed E-state index contributed by atoms with van der Waals surface area (Å²) in [6.07, 6.45) is 13.9. The molecule has 2 aliphatic carbocycles. The highest BCUT2D eigenvalue weighted by molar-refractivity contribution is 4.90.